The molecule has 176 valence electrons. The standard InChI is InChI=1S/C26H27N3O3S2/c1-4-17-28-23-16-11-19(3)18-24(23)33-26(28)27-25(30)20-12-14-22(15-13-20)34(31,32)29(5-2)21-9-7-6-8-10-21/h6-16,18H,4-5,17H2,1-3H3. The van der Waals surface area contributed by atoms with Crippen molar-refractivity contribution in [1.82, 2.24) is 4.57 Å². The van der Waals surface area contributed by atoms with Crippen molar-refractivity contribution in [3.05, 3.63) is 88.7 Å². The fourth-order valence-electron chi connectivity index (χ4n) is 3.84. The van der Waals surface area contributed by atoms with Crippen LogP contribution in [0.15, 0.2) is 82.7 Å². The smallest absolute Gasteiger partial charge is 0.279 e. The Hall–Kier alpha value is -3.23. The van der Waals surface area contributed by atoms with Crippen molar-refractivity contribution in [3.8, 4) is 0 Å². The SMILES string of the molecule is CCCn1c(=NC(=O)c2ccc(S(=O)(=O)N(CC)c3ccccc3)cc2)sc2cc(C)ccc21. The van der Waals surface area contributed by atoms with Gasteiger partial charge in [-0.05, 0) is 74.4 Å². The summed E-state index contributed by atoms with van der Waals surface area (Å²) in [6, 6.07) is 21.2. The van der Waals surface area contributed by atoms with Crippen molar-refractivity contribution in [3.63, 3.8) is 0 Å². The van der Waals surface area contributed by atoms with Crippen LogP contribution < -0.4 is 9.11 Å². The minimum atomic E-state index is -3.75. The zero-order valence-electron chi connectivity index (χ0n) is 19.4. The molecule has 34 heavy (non-hydrogen) atoms. The molecule has 0 N–H and O–H groups in total. The van der Waals surface area contributed by atoms with E-state index in [0.29, 0.717) is 22.6 Å². The van der Waals surface area contributed by atoms with Crippen LogP contribution in [0.1, 0.15) is 36.2 Å². The summed E-state index contributed by atoms with van der Waals surface area (Å²) in [6.45, 7) is 6.98. The molecule has 0 saturated heterocycles. The fraction of sp³-hybridized carbons (Fsp3) is 0.231. The number of anilines is 1. The predicted octanol–water partition coefficient (Wildman–Crippen LogP) is 5.38. The Balaban J connectivity index is 1.67. The Morgan fingerprint density at radius 1 is 1.00 bits per heavy atom. The van der Waals surface area contributed by atoms with Crippen molar-refractivity contribution in [2.75, 3.05) is 10.8 Å². The van der Waals surface area contributed by atoms with Crippen LogP contribution >= 0.6 is 11.3 Å². The Labute approximate surface area is 203 Å². The number of fused-ring (bicyclic) bond motifs is 1. The molecule has 8 heteroatoms. The molecule has 1 amide bonds. The Kier molecular flexibility index (Phi) is 7.00. The van der Waals surface area contributed by atoms with Crippen molar-refractivity contribution in [1.29, 1.82) is 0 Å². The second-order valence-corrected chi connectivity index (χ2v) is 10.8. The number of thiazole rings is 1. The molecule has 4 aromatic rings. The molecule has 0 aliphatic rings. The minimum Gasteiger partial charge on any atom is -0.316 e. The van der Waals surface area contributed by atoms with Gasteiger partial charge in [-0.1, -0.05) is 42.5 Å². The van der Waals surface area contributed by atoms with E-state index in [1.54, 1.807) is 31.2 Å². The fourth-order valence-corrected chi connectivity index (χ4v) is 6.47. The molecule has 0 fully saturated rings. The molecular weight excluding hydrogens is 466 g/mol. The Bertz CT molecular complexity index is 1490. The quantitative estimate of drug-likeness (QED) is 0.347. The van der Waals surface area contributed by atoms with Crippen molar-refractivity contribution < 1.29 is 13.2 Å². The van der Waals surface area contributed by atoms with Crippen LogP contribution in [0.4, 0.5) is 5.69 Å². The third-order valence-corrected chi connectivity index (χ3v) is 8.46. The van der Waals surface area contributed by atoms with Gasteiger partial charge in [0.2, 0.25) is 0 Å². The first-order valence-electron chi connectivity index (χ1n) is 11.2. The maximum atomic E-state index is 13.2. The third kappa shape index (κ3) is 4.69. The van der Waals surface area contributed by atoms with Gasteiger partial charge in [0, 0.05) is 18.7 Å². The number of hydrogen-bond donors (Lipinski definition) is 0. The van der Waals surface area contributed by atoms with E-state index in [-0.39, 0.29) is 4.90 Å². The highest BCUT2D eigenvalue weighted by atomic mass is 32.2. The number of carbonyl (C=O) groups excluding carboxylic acids is 1. The van der Waals surface area contributed by atoms with Gasteiger partial charge < -0.3 is 4.57 Å². The molecule has 0 saturated carbocycles. The van der Waals surface area contributed by atoms with E-state index in [1.165, 1.54) is 39.9 Å². The molecule has 0 aliphatic heterocycles. The summed E-state index contributed by atoms with van der Waals surface area (Å²) >= 11 is 1.49. The number of aromatic nitrogens is 1. The zero-order valence-corrected chi connectivity index (χ0v) is 21.1. The molecule has 1 aromatic heterocycles. The monoisotopic (exact) mass is 493 g/mol. The summed E-state index contributed by atoms with van der Waals surface area (Å²) in [5, 5.41) is 0. The predicted molar refractivity (Wildman–Crippen MR) is 138 cm³/mol. The van der Waals surface area contributed by atoms with Crippen molar-refractivity contribution in [2.45, 2.75) is 38.6 Å². The second kappa shape index (κ2) is 9.95. The van der Waals surface area contributed by atoms with E-state index in [0.717, 1.165) is 28.7 Å². The minimum absolute atomic E-state index is 0.133. The lowest BCUT2D eigenvalue weighted by Crippen LogP contribution is -2.30. The first-order valence-corrected chi connectivity index (χ1v) is 13.5. The van der Waals surface area contributed by atoms with Crippen LogP contribution in [0.5, 0.6) is 0 Å². The van der Waals surface area contributed by atoms with Gasteiger partial charge in [0.25, 0.3) is 15.9 Å². The number of amides is 1. The van der Waals surface area contributed by atoms with Gasteiger partial charge in [-0.3, -0.25) is 9.10 Å². The number of sulfonamides is 1. The lowest BCUT2D eigenvalue weighted by Gasteiger charge is -2.22. The molecule has 1 heterocycles. The van der Waals surface area contributed by atoms with Crippen LogP contribution in [0.25, 0.3) is 10.2 Å². The molecule has 0 atom stereocenters. The van der Waals surface area contributed by atoms with Gasteiger partial charge in [0.05, 0.1) is 20.8 Å². The van der Waals surface area contributed by atoms with Gasteiger partial charge >= 0.3 is 0 Å². The summed E-state index contributed by atoms with van der Waals surface area (Å²) in [5.74, 6) is -0.396. The normalized spacial score (nSPS) is 12.3. The molecule has 4 rings (SSSR count). The number of aryl methyl sites for hydroxylation is 2. The second-order valence-electron chi connectivity index (χ2n) is 7.95. The number of hydrogen-bond acceptors (Lipinski definition) is 4. The Morgan fingerprint density at radius 3 is 2.35 bits per heavy atom. The van der Waals surface area contributed by atoms with Gasteiger partial charge in [0.15, 0.2) is 4.80 Å². The summed E-state index contributed by atoms with van der Waals surface area (Å²) in [5.41, 5.74) is 3.16. The van der Waals surface area contributed by atoms with Gasteiger partial charge in [-0.15, -0.1) is 0 Å². The van der Waals surface area contributed by atoms with E-state index in [1.807, 2.05) is 13.0 Å². The average Bonchev–Trinajstić information content (AvgIpc) is 3.16. The lowest BCUT2D eigenvalue weighted by molar-refractivity contribution is 0.0997. The molecule has 6 nitrogen and oxygen atoms in total. The molecule has 0 aliphatic carbocycles. The van der Waals surface area contributed by atoms with E-state index < -0.39 is 15.9 Å². The van der Waals surface area contributed by atoms with Crippen LogP contribution in [-0.2, 0) is 16.6 Å². The maximum Gasteiger partial charge on any atom is 0.279 e. The molecule has 0 radical (unpaired) electrons. The number of nitrogens with zero attached hydrogens (tertiary/aromatic N) is 3. The van der Waals surface area contributed by atoms with Gasteiger partial charge in [0.1, 0.15) is 0 Å². The molecule has 0 unspecified atom stereocenters. The first kappa shape index (κ1) is 23.9. The zero-order chi connectivity index (χ0) is 24.3. The number of rotatable bonds is 7. The molecule has 0 spiro atoms. The largest absolute Gasteiger partial charge is 0.316 e. The van der Waals surface area contributed by atoms with Gasteiger partial charge in [-0.2, -0.15) is 4.99 Å². The van der Waals surface area contributed by atoms with Crippen LogP contribution in [0.2, 0.25) is 0 Å². The van der Waals surface area contributed by atoms with E-state index in [9.17, 15) is 13.2 Å². The molecule has 3 aromatic carbocycles. The highest BCUT2D eigenvalue weighted by Crippen LogP contribution is 2.24. The summed E-state index contributed by atoms with van der Waals surface area (Å²) < 4.78 is 30.9. The van der Waals surface area contributed by atoms with Gasteiger partial charge in [-0.25, -0.2) is 8.42 Å². The van der Waals surface area contributed by atoms with E-state index in [4.69, 9.17) is 0 Å². The maximum absolute atomic E-state index is 13.2. The number of benzene rings is 3. The van der Waals surface area contributed by atoms with Crippen LogP contribution in [0, 0.1) is 6.92 Å². The lowest BCUT2D eigenvalue weighted by atomic mass is 10.2. The highest BCUT2D eigenvalue weighted by Gasteiger charge is 2.23. The average molecular weight is 494 g/mol. The van der Waals surface area contributed by atoms with Crippen molar-refractivity contribution in [2.24, 2.45) is 4.99 Å². The number of carbonyl (C=O) groups is 1. The topological polar surface area (TPSA) is 71.7 Å². The summed E-state index contributed by atoms with van der Waals surface area (Å²) in [4.78, 5) is 18.1. The third-order valence-electron chi connectivity index (χ3n) is 5.50. The number of para-hydroxylation sites is 1. The molecular formula is C26H27N3O3S2. The first-order chi connectivity index (χ1) is 16.3. The highest BCUT2D eigenvalue weighted by molar-refractivity contribution is 7.92. The molecule has 0 bridgehead atoms. The van der Waals surface area contributed by atoms with Crippen molar-refractivity contribution >= 4 is 43.2 Å². The summed E-state index contributed by atoms with van der Waals surface area (Å²) in [7, 11) is -3.75. The van der Waals surface area contributed by atoms with E-state index >= 15 is 0 Å². The van der Waals surface area contributed by atoms with Crippen LogP contribution in [0.3, 0.4) is 0 Å². The van der Waals surface area contributed by atoms with Crippen LogP contribution in [-0.4, -0.2) is 25.4 Å². The Morgan fingerprint density at radius 2 is 1.71 bits per heavy atom. The van der Waals surface area contributed by atoms with E-state index in [2.05, 4.69) is 34.7 Å². The summed E-state index contributed by atoms with van der Waals surface area (Å²) in [6.07, 6.45) is 0.920.